The van der Waals surface area contributed by atoms with Crippen LogP contribution < -0.4 is 24.2 Å². The summed E-state index contributed by atoms with van der Waals surface area (Å²) < 4.78 is 6.77. The maximum atomic E-state index is 13.4. The molecule has 0 aliphatic heterocycles. The Kier molecular flexibility index (Phi) is 15.5. The number of hydrogen-bond acceptors (Lipinski definition) is 5. The third-order valence-electron chi connectivity index (χ3n) is 7.49. The van der Waals surface area contributed by atoms with Crippen molar-refractivity contribution < 1.29 is 39.7 Å². The van der Waals surface area contributed by atoms with Gasteiger partial charge in [-0.3, -0.25) is 4.79 Å². The van der Waals surface area contributed by atoms with Crippen molar-refractivity contribution in [2.24, 2.45) is 5.92 Å². The number of nitrogens with one attached hydrogen (secondary N) is 1. The summed E-state index contributed by atoms with van der Waals surface area (Å²) in [5.74, 6) is 0.991. The minimum Gasteiger partial charge on any atom is -1.00 e. The van der Waals surface area contributed by atoms with E-state index in [0.717, 1.165) is 40.3 Å². The van der Waals surface area contributed by atoms with Crippen LogP contribution in [0.25, 0.3) is 11.1 Å². The van der Waals surface area contributed by atoms with E-state index in [1.807, 2.05) is 67.4 Å². The molecule has 1 aliphatic rings. The summed E-state index contributed by atoms with van der Waals surface area (Å²) in [5, 5.41) is 12.4. The molecule has 222 valence electrons. The van der Waals surface area contributed by atoms with Crippen LogP contribution in [0.1, 0.15) is 88.6 Å². The zero-order chi connectivity index (χ0) is 29.1. The molecule has 2 N–H and O–H groups in total. The minimum atomic E-state index is -1.01. The van der Waals surface area contributed by atoms with Crippen molar-refractivity contribution in [2.75, 3.05) is 17.8 Å². The second-order valence-electron chi connectivity index (χ2n) is 11.9. The fourth-order valence-corrected chi connectivity index (χ4v) is 6.63. The van der Waals surface area contributed by atoms with Gasteiger partial charge in [0.15, 0.2) is 0 Å². The van der Waals surface area contributed by atoms with E-state index in [-0.39, 0.29) is 37.0 Å². The smallest absolute Gasteiger partial charge is 1.00 e. The van der Waals surface area contributed by atoms with Gasteiger partial charge in [-0.1, -0.05) is 83.2 Å². The van der Waals surface area contributed by atoms with Crippen LogP contribution in [-0.2, 0) is 16.1 Å². The molecule has 2 aromatic carbocycles. The van der Waals surface area contributed by atoms with Crippen molar-refractivity contribution in [1.29, 1.82) is 0 Å². The predicted molar refractivity (Wildman–Crippen MR) is 172 cm³/mol. The zero-order valence-electron chi connectivity index (χ0n) is 26.8. The Balaban J connectivity index is 0.00000441. The monoisotopic (exact) mass is 593 g/mol. The van der Waals surface area contributed by atoms with E-state index in [2.05, 4.69) is 26.1 Å². The normalized spacial score (nSPS) is 15.5. The second kappa shape index (κ2) is 17.7. The van der Waals surface area contributed by atoms with Crippen LogP contribution >= 0.6 is 23.5 Å². The van der Waals surface area contributed by atoms with E-state index < -0.39 is 12.0 Å². The summed E-state index contributed by atoms with van der Waals surface area (Å²) in [5.41, 5.74) is 4.33. The molecule has 0 saturated heterocycles. The zero-order valence-corrected chi connectivity index (χ0v) is 27.5. The summed E-state index contributed by atoms with van der Waals surface area (Å²) in [6, 6.07) is 12.9. The van der Waals surface area contributed by atoms with Gasteiger partial charge in [-0.25, -0.2) is 4.79 Å². The molecular weight excluding hydrogens is 545 g/mol. The standard InChI is InChI=1S/C33H47NO4S2.Li.H/c1-23-11-9-10-14-27(23)29-20-25(15-16-28(29)31(35)34-30(32(36)37)17-18-39-5)21-38-26(22-40-33(2,3)4)19-24-12-7-6-8-13-24;;/h9-11,14-16,20,24,26,30H,6-8,12-13,17-19,21-22H2,1-5H3,(H,34,35)(H,36,37);;/q;+1;-1. The van der Waals surface area contributed by atoms with Gasteiger partial charge in [0, 0.05) is 16.1 Å². The van der Waals surface area contributed by atoms with Crippen molar-refractivity contribution in [3.05, 3.63) is 59.2 Å². The van der Waals surface area contributed by atoms with Gasteiger partial charge in [-0.2, -0.15) is 23.5 Å². The Bertz CT molecular complexity index is 1120. The van der Waals surface area contributed by atoms with Gasteiger partial charge >= 0.3 is 24.8 Å². The Morgan fingerprint density at radius 1 is 1.10 bits per heavy atom. The van der Waals surface area contributed by atoms with E-state index in [9.17, 15) is 14.7 Å². The number of ether oxygens (including phenoxy) is 1. The molecule has 8 heteroatoms. The average Bonchev–Trinajstić information content (AvgIpc) is 2.92. The van der Waals surface area contributed by atoms with Gasteiger partial charge in [-0.05, 0) is 72.1 Å². The third kappa shape index (κ3) is 12.0. The molecule has 0 bridgehead atoms. The molecule has 1 fully saturated rings. The molecule has 2 atom stereocenters. The van der Waals surface area contributed by atoms with Gasteiger partial charge in [0.1, 0.15) is 6.04 Å². The summed E-state index contributed by atoms with van der Waals surface area (Å²) in [6.45, 7) is 9.27. The minimum absolute atomic E-state index is 0. The van der Waals surface area contributed by atoms with E-state index >= 15 is 0 Å². The number of carboxylic acids is 1. The van der Waals surface area contributed by atoms with Gasteiger partial charge < -0.3 is 16.6 Å². The van der Waals surface area contributed by atoms with Crippen LogP contribution in [0.4, 0.5) is 0 Å². The predicted octanol–water partition coefficient (Wildman–Crippen LogP) is 5.10. The van der Waals surface area contributed by atoms with Crippen molar-refractivity contribution in [3.63, 3.8) is 0 Å². The first-order chi connectivity index (χ1) is 19.1. The van der Waals surface area contributed by atoms with Crippen LogP contribution in [-0.4, -0.2) is 51.6 Å². The van der Waals surface area contributed by atoms with Crippen LogP contribution in [0.5, 0.6) is 0 Å². The molecule has 0 aromatic heterocycles. The topological polar surface area (TPSA) is 75.6 Å². The van der Waals surface area contributed by atoms with Crippen LogP contribution in [0.2, 0.25) is 0 Å². The van der Waals surface area contributed by atoms with E-state index in [1.165, 1.54) is 32.1 Å². The number of aliphatic carboxylic acids is 1. The van der Waals surface area contributed by atoms with Crippen LogP contribution in [0, 0.1) is 12.8 Å². The number of carbonyl (C=O) groups is 2. The number of carboxylic acid groups (broad SMARTS) is 1. The molecule has 1 saturated carbocycles. The molecule has 3 rings (SSSR count). The maximum absolute atomic E-state index is 13.4. The Morgan fingerprint density at radius 3 is 2.44 bits per heavy atom. The third-order valence-corrected chi connectivity index (χ3v) is 9.54. The van der Waals surface area contributed by atoms with E-state index in [4.69, 9.17) is 4.74 Å². The van der Waals surface area contributed by atoms with Crippen molar-refractivity contribution >= 4 is 35.4 Å². The SMILES string of the molecule is CSCCC(NC(=O)c1ccc(COC(CSC(C)(C)C)CC2CCCCC2)cc1-c1ccccc1C)C(=O)O.[H-].[Li+]. The Labute approximate surface area is 269 Å². The largest absolute Gasteiger partial charge is 1.00 e. The molecule has 41 heavy (non-hydrogen) atoms. The van der Waals surface area contributed by atoms with Gasteiger partial charge in [0.05, 0.1) is 12.7 Å². The average molecular weight is 594 g/mol. The van der Waals surface area contributed by atoms with Crippen LogP contribution in [0.3, 0.4) is 0 Å². The molecule has 0 radical (unpaired) electrons. The molecule has 2 aromatic rings. The molecule has 0 heterocycles. The second-order valence-corrected chi connectivity index (χ2v) is 14.8. The Hall–Kier alpha value is -1.36. The quantitative estimate of drug-likeness (QED) is 0.297. The Morgan fingerprint density at radius 2 is 1.80 bits per heavy atom. The summed E-state index contributed by atoms with van der Waals surface area (Å²) >= 11 is 3.53. The van der Waals surface area contributed by atoms with Crippen molar-refractivity contribution in [1.82, 2.24) is 5.32 Å². The number of carbonyl (C=O) groups excluding carboxylic acids is 1. The van der Waals surface area contributed by atoms with Gasteiger partial charge in [0.25, 0.3) is 5.91 Å². The number of rotatable bonds is 14. The molecule has 0 spiro atoms. The van der Waals surface area contributed by atoms with Gasteiger partial charge in [-0.15, -0.1) is 0 Å². The number of benzene rings is 2. The number of aryl methyl sites for hydroxylation is 1. The molecule has 1 amide bonds. The van der Waals surface area contributed by atoms with Gasteiger partial charge in [0.2, 0.25) is 0 Å². The molecule has 5 nitrogen and oxygen atoms in total. The first kappa shape index (κ1) is 35.8. The van der Waals surface area contributed by atoms with Crippen molar-refractivity contribution in [2.45, 2.75) is 96.1 Å². The molecular formula is C33H48LiNO4S2. The molecule has 2 unspecified atom stereocenters. The first-order valence-electron chi connectivity index (χ1n) is 14.5. The maximum Gasteiger partial charge on any atom is 1.00 e. The summed E-state index contributed by atoms with van der Waals surface area (Å²) in [4.78, 5) is 25.2. The number of hydrogen-bond donors (Lipinski definition) is 2. The summed E-state index contributed by atoms with van der Waals surface area (Å²) in [6.07, 6.45) is 10.2. The number of amides is 1. The fourth-order valence-electron chi connectivity index (χ4n) is 5.24. The van der Waals surface area contributed by atoms with Crippen molar-refractivity contribution in [3.8, 4) is 11.1 Å². The van der Waals surface area contributed by atoms with Crippen LogP contribution in [0.15, 0.2) is 42.5 Å². The first-order valence-corrected chi connectivity index (χ1v) is 16.9. The van der Waals surface area contributed by atoms with E-state index in [1.54, 1.807) is 11.8 Å². The van der Waals surface area contributed by atoms with E-state index in [0.29, 0.717) is 24.3 Å². The fraction of sp³-hybridized carbons (Fsp3) is 0.576. The summed E-state index contributed by atoms with van der Waals surface area (Å²) in [7, 11) is 0. The number of thioether (sulfide) groups is 2. The molecule has 1 aliphatic carbocycles.